The van der Waals surface area contributed by atoms with E-state index in [1.165, 1.54) is 5.56 Å². The maximum Gasteiger partial charge on any atom is 0.192 e. The molecule has 1 unspecified atom stereocenters. The van der Waals surface area contributed by atoms with E-state index >= 15 is 0 Å². The molecular weight excluding hydrogens is 406 g/mol. The molecule has 1 atom stereocenters. The monoisotopic (exact) mass is 435 g/mol. The number of nitrogens with zero attached hydrogens (tertiary/aromatic N) is 1. The maximum atomic E-state index is 6.66. The van der Waals surface area contributed by atoms with Crippen LogP contribution >= 0.6 is 15.9 Å². The lowest BCUT2D eigenvalue weighted by Crippen LogP contribution is -2.45. The number of rotatable bonds is 8. The lowest BCUT2D eigenvalue weighted by Gasteiger charge is -2.39. The molecule has 1 aromatic carbocycles. The number of aryl methyl sites for hydroxylation is 1. The summed E-state index contributed by atoms with van der Waals surface area (Å²) in [4.78, 5) is 4.09. The van der Waals surface area contributed by atoms with Gasteiger partial charge < -0.3 is 9.16 Å². The van der Waals surface area contributed by atoms with Crippen LogP contribution in [-0.4, -0.2) is 26.0 Å². The summed E-state index contributed by atoms with van der Waals surface area (Å²) in [5, 5.41) is 0.180. The van der Waals surface area contributed by atoms with Gasteiger partial charge in [-0.1, -0.05) is 36.7 Å². The first-order valence-electron chi connectivity index (χ1n) is 9.12. The fraction of sp³-hybridized carbons (Fsp3) is 0.476. The van der Waals surface area contributed by atoms with Gasteiger partial charge in [0, 0.05) is 16.9 Å². The Labute approximate surface area is 167 Å². The van der Waals surface area contributed by atoms with E-state index in [4.69, 9.17) is 9.16 Å². The minimum atomic E-state index is -1.85. The Kier molecular flexibility index (Phi) is 7.44. The molecule has 1 aromatic heterocycles. The zero-order valence-electron chi connectivity index (χ0n) is 16.5. The normalized spacial score (nSPS) is 13.5. The van der Waals surface area contributed by atoms with Crippen molar-refractivity contribution in [2.75, 3.05) is 6.61 Å². The van der Waals surface area contributed by atoms with Crippen LogP contribution in [0.2, 0.25) is 18.1 Å². The highest BCUT2D eigenvalue weighted by molar-refractivity contribution is 9.10. The van der Waals surface area contributed by atoms with Crippen LogP contribution in [0.3, 0.4) is 0 Å². The van der Waals surface area contributed by atoms with E-state index in [1.807, 2.05) is 36.7 Å². The van der Waals surface area contributed by atoms with E-state index in [9.17, 15) is 0 Å². The standard InChI is InChI=1S/C21H30BrNO2Si/c1-21(2,3)26(4,5)25-20(9-6-17-12-14-23-15-13-17)16-24-19-10-7-18(22)8-11-19/h7-8,10-15,20H,6,9,16H2,1-5H3. The van der Waals surface area contributed by atoms with Gasteiger partial charge in [0.2, 0.25) is 0 Å². The van der Waals surface area contributed by atoms with Gasteiger partial charge in [-0.15, -0.1) is 0 Å². The number of hydrogen-bond donors (Lipinski definition) is 0. The number of hydrogen-bond acceptors (Lipinski definition) is 3. The second-order valence-corrected chi connectivity index (χ2v) is 13.8. The quantitative estimate of drug-likeness (QED) is 0.459. The largest absolute Gasteiger partial charge is 0.491 e. The first-order valence-corrected chi connectivity index (χ1v) is 12.8. The zero-order valence-corrected chi connectivity index (χ0v) is 19.0. The van der Waals surface area contributed by atoms with Crippen LogP contribution < -0.4 is 4.74 Å². The molecule has 5 heteroatoms. The predicted molar refractivity (Wildman–Crippen MR) is 114 cm³/mol. The molecule has 1 heterocycles. The third-order valence-corrected chi connectivity index (χ3v) is 10.1. The van der Waals surface area contributed by atoms with Crippen molar-refractivity contribution < 1.29 is 9.16 Å². The molecule has 0 spiro atoms. The van der Waals surface area contributed by atoms with E-state index < -0.39 is 8.32 Å². The Hall–Kier alpha value is -1.17. The van der Waals surface area contributed by atoms with Gasteiger partial charge >= 0.3 is 0 Å². The number of aromatic nitrogens is 1. The molecule has 26 heavy (non-hydrogen) atoms. The Bertz CT molecular complexity index is 669. The lowest BCUT2D eigenvalue weighted by atomic mass is 10.1. The van der Waals surface area contributed by atoms with Crippen molar-refractivity contribution in [3.8, 4) is 5.75 Å². The van der Waals surface area contributed by atoms with Crippen LogP contribution in [0.1, 0.15) is 32.8 Å². The number of benzene rings is 1. The second kappa shape index (κ2) is 9.15. The highest BCUT2D eigenvalue weighted by Gasteiger charge is 2.39. The van der Waals surface area contributed by atoms with Gasteiger partial charge in [0.1, 0.15) is 12.4 Å². The molecule has 0 radical (unpaired) electrons. The first-order chi connectivity index (χ1) is 12.2. The van der Waals surface area contributed by atoms with Crippen molar-refractivity contribution in [3.05, 3.63) is 58.8 Å². The topological polar surface area (TPSA) is 31.4 Å². The van der Waals surface area contributed by atoms with Crippen LogP contribution in [-0.2, 0) is 10.8 Å². The molecule has 0 fully saturated rings. The predicted octanol–water partition coefficient (Wildman–Crippen LogP) is 6.25. The average Bonchev–Trinajstić information content (AvgIpc) is 2.58. The Balaban J connectivity index is 2.03. The fourth-order valence-corrected chi connectivity index (χ4v) is 4.00. The van der Waals surface area contributed by atoms with Gasteiger partial charge in [0.15, 0.2) is 8.32 Å². The lowest BCUT2D eigenvalue weighted by molar-refractivity contribution is 0.108. The molecule has 2 rings (SSSR count). The minimum absolute atomic E-state index is 0.0766. The summed E-state index contributed by atoms with van der Waals surface area (Å²) in [6, 6.07) is 12.1. The Morgan fingerprint density at radius 3 is 2.23 bits per heavy atom. The van der Waals surface area contributed by atoms with Gasteiger partial charge in [-0.25, -0.2) is 0 Å². The molecule has 0 saturated heterocycles. The van der Waals surface area contributed by atoms with Crippen molar-refractivity contribution in [1.29, 1.82) is 0 Å². The third kappa shape index (κ3) is 6.52. The van der Waals surface area contributed by atoms with Gasteiger partial charge in [-0.05, 0) is 72.9 Å². The molecule has 0 aliphatic rings. The summed E-state index contributed by atoms with van der Waals surface area (Å²) < 4.78 is 13.7. The zero-order chi connectivity index (χ0) is 19.2. The Morgan fingerprint density at radius 1 is 1.04 bits per heavy atom. The third-order valence-electron chi connectivity index (χ3n) is 5.02. The molecule has 2 aromatic rings. The molecule has 0 aliphatic carbocycles. The number of ether oxygens (including phenoxy) is 1. The van der Waals surface area contributed by atoms with Crippen LogP contribution in [0.25, 0.3) is 0 Å². The molecule has 0 saturated carbocycles. The van der Waals surface area contributed by atoms with E-state index in [0.717, 1.165) is 23.1 Å². The van der Waals surface area contributed by atoms with Crippen molar-refractivity contribution in [2.45, 2.75) is 57.8 Å². The summed E-state index contributed by atoms with van der Waals surface area (Å²) in [7, 11) is -1.85. The summed E-state index contributed by atoms with van der Waals surface area (Å²) in [5.74, 6) is 0.876. The van der Waals surface area contributed by atoms with Crippen molar-refractivity contribution in [1.82, 2.24) is 4.98 Å². The average molecular weight is 436 g/mol. The number of halogens is 1. The van der Waals surface area contributed by atoms with Gasteiger partial charge in [-0.3, -0.25) is 4.98 Å². The Morgan fingerprint density at radius 2 is 1.65 bits per heavy atom. The molecular formula is C21H30BrNO2Si. The summed E-state index contributed by atoms with van der Waals surface area (Å²) in [6.07, 6.45) is 5.67. The van der Waals surface area contributed by atoms with Crippen molar-refractivity contribution >= 4 is 24.2 Å². The van der Waals surface area contributed by atoms with Gasteiger partial charge in [-0.2, -0.15) is 0 Å². The SMILES string of the molecule is CC(C)(C)[Si](C)(C)OC(CCc1ccncc1)COc1ccc(Br)cc1. The molecule has 0 bridgehead atoms. The van der Waals surface area contributed by atoms with Crippen molar-refractivity contribution in [3.63, 3.8) is 0 Å². The highest BCUT2D eigenvalue weighted by Crippen LogP contribution is 2.37. The van der Waals surface area contributed by atoms with E-state index in [-0.39, 0.29) is 11.1 Å². The molecule has 0 amide bonds. The van der Waals surface area contributed by atoms with E-state index in [0.29, 0.717) is 6.61 Å². The summed E-state index contributed by atoms with van der Waals surface area (Å²) in [6.45, 7) is 12.0. The number of pyridine rings is 1. The van der Waals surface area contributed by atoms with E-state index in [1.54, 1.807) is 0 Å². The van der Waals surface area contributed by atoms with Crippen molar-refractivity contribution in [2.24, 2.45) is 0 Å². The van der Waals surface area contributed by atoms with Gasteiger partial charge in [0.25, 0.3) is 0 Å². The summed E-state index contributed by atoms with van der Waals surface area (Å²) >= 11 is 3.46. The van der Waals surface area contributed by atoms with Crippen LogP contribution in [0.5, 0.6) is 5.75 Å². The molecule has 0 aliphatic heterocycles. The summed E-state index contributed by atoms with van der Waals surface area (Å²) in [5.41, 5.74) is 1.28. The highest BCUT2D eigenvalue weighted by atomic mass is 79.9. The fourth-order valence-electron chi connectivity index (χ4n) is 2.37. The smallest absolute Gasteiger partial charge is 0.192 e. The molecule has 0 N–H and O–H groups in total. The first kappa shape index (κ1) is 21.1. The minimum Gasteiger partial charge on any atom is -0.491 e. The van der Waals surface area contributed by atoms with Crippen LogP contribution in [0.4, 0.5) is 0 Å². The maximum absolute atomic E-state index is 6.66. The van der Waals surface area contributed by atoms with E-state index in [2.05, 4.69) is 66.9 Å². The van der Waals surface area contributed by atoms with Crippen LogP contribution in [0.15, 0.2) is 53.3 Å². The molecule has 3 nitrogen and oxygen atoms in total. The molecule has 142 valence electrons. The van der Waals surface area contributed by atoms with Gasteiger partial charge in [0.05, 0.1) is 6.10 Å². The van der Waals surface area contributed by atoms with Crippen LogP contribution in [0, 0.1) is 0 Å². The second-order valence-electron chi connectivity index (χ2n) is 8.16.